The van der Waals surface area contributed by atoms with Gasteiger partial charge in [0.25, 0.3) is 0 Å². The summed E-state index contributed by atoms with van der Waals surface area (Å²) in [7, 11) is 1.90. The molecular formula is C15H20N2S5. The molecule has 0 aliphatic heterocycles. The van der Waals surface area contributed by atoms with Gasteiger partial charge >= 0.3 is 0 Å². The molecule has 120 valence electrons. The second kappa shape index (κ2) is 8.59. The average molecular weight is 389 g/mol. The fourth-order valence-corrected chi connectivity index (χ4v) is 3.04. The molecule has 0 spiro atoms. The van der Waals surface area contributed by atoms with Gasteiger partial charge in [0.1, 0.15) is 8.64 Å². The number of thiol groups is 3. The molecule has 7 heteroatoms. The lowest BCUT2D eigenvalue weighted by Crippen LogP contribution is -2.27. The van der Waals surface area contributed by atoms with E-state index in [9.17, 15) is 0 Å². The lowest BCUT2D eigenvalue weighted by molar-refractivity contribution is 0.519. The Morgan fingerprint density at radius 3 is 2.18 bits per heavy atom. The molecule has 0 bridgehead atoms. The summed E-state index contributed by atoms with van der Waals surface area (Å²) < 4.78 is 0.941. The van der Waals surface area contributed by atoms with Crippen LogP contribution in [0.1, 0.15) is 30.9 Å². The fraction of sp³-hybridized carbons (Fsp3) is 0.333. The number of para-hydroxylation sites is 1. The molecular weight excluding hydrogens is 369 g/mol. The van der Waals surface area contributed by atoms with Gasteiger partial charge < -0.3 is 4.90 Å². The second-order valence-electron chi connectivity index (χ2n) is 5.18. The van der Waals surface area contributed by atoms with E-state index in [1.807, 2.05) is 24.1 Å². The minimum Gasteiger partial charge on any atom is -0.356 e. The summed E-state index contributed by atoms with van der Waals surface area (Å²) in [6, 6.07) is 6.16. The molecule has 0 radical (unpaired) electrons. The first-order valence-electron chi connectivity index (χ1n) is 6.63. The highest BCUT2D eigenvalue weighted by molar-refractivity contribution is 8.11. The molecule has 0 fully saturated rings. The first-order valence-corrected chi connectivity index (χ1v) is 8.79. The minimum absolute atomic E-state index is 0.320. The van der Waals surface area contributed by atoms with Gasteiger partial charge in [0.2, 0.25) is 0 Å². The molecule has 0 atom stereocenters. The third kappa shape index (κ3) is 4.89. The Balaban J connectivity index is 3.51. The Kier molecular flexibility index (Phi) is 7.74. The van der Waals surface area contributed by atoms with Gasteiger partial charge in [-0.1, -0.05) is 63.1 Å². The van der Waals surface area contributed by atoms with Gasteiger partial charge in [-0.15, -0.1) is 37.9 Å². The van der Waals surface area contributed by atoms with Crippen molar-refractivity contribution in [3.8, 4) is 0 Å². The fourth-order valence-electron chi connectivity index (χ4n) is 2.14. The van der Waals surface area contributed by atoms with Crippen LogP contribution in [0.25, 0.3) is 0 Å². The van der Waals surface area contributed by atoms with E-state index in [0.717, 1.165) is 16.8 Å². The molecule has 0 aliphatic rings. The molecule has 0 saturated heterocycles. The van der Waals surface area contributed by atoms with E-state index in [4.69, 9.17) is 24.4 Å². The van der Waals surface area contributed by atoms with Gasteiger partial charge in [-0.3, -0.25) is 4.90 Å². The SMILES string of the molecule is C=C(S)N(C(=S)S)c1c(CN(C)C(=S)S)cccc1C(C)C. The first kappa shape index (κ1) is 19.8. The Morgan fingerprint density at radius 2 is 1.77 bits per heavy atom. The quantitative estimate of drug-likeness (QED) is 0.488. The monoisotopic (exact) mass is 388 g/mol. The summed E-state index contributed by atoms with van der Waals surface area (Å²) in [5.74, 6) is 0.320. The molecule has 1 aromatic carbocycles. The molecule has 0 N–H and O–H groups in total. The van der Waals surface area contributed by atoms with E-state index >= 15 is 0 Å². The summed E-state index contributed by atoms with van der Waals surface area (Å²) in [6.45, 7) is 8.80. The maximum Gasteiger partial charge on any atom is 0.142 e. The van der Waals surface area contributed by atoms with E-state index in [0.29, 0.717) is 26.1 Å². The highest BCUT2D eigenvalue weighted by Crippen LogP contribution is 2.35. The molecule has 0 aromatic heterocycles. The molecule has 1 aromatic rings. The van der Waals surface area contributed by atoms with Crippen LogP contribution in [0.2, 0.25) is 0 Å². The predicted octanol–water partition coefficient (Wildman–Crippen LogP) is 4.88. The van der Waals surface area contributed by atoms with Crippen molar-refractivity contribution in [1.29, 1.82) is 0 Å². The minimum atomic E-state index is 0.320. The van der Waals surface area contributed by atoms with Gasteiger partial charge in [0.15, 0.2) is 0 Å². The Morgan fingerprint density at radius 1 is 1.18 bits per heavy atom. The molecule has 22 heavy (non-hydrogen) atoms. The molecule has 2 nitrogen and oxygen atoms in total. The topological polar surface area (TPSA) is 6.48 Å². The Bertz CT molecular complexity index is 584. The number of nitrogens with zero attached hydrogens (tertiary/aromatic N) is 2. The number of thiocarbonyl (C=S) groups is 2. The Hall–Kier alpha value is -0.210. The van der Waals surface area contributed by atoms with Gasteiger partial charge in [-0.05, 0) is 17.0 Å². The number of hydrogen-bond acceptors (Lipinski definition) is 3. The van der Waals surface area contributed by atoms with E-state index in [-0.39, 0.29) is 0 Å². The number of hydrogen-bond donors (Lipinski definition) is 3. The van der Waals surface area contributed by atoms with Crippen LogP contribution in [-0.2, 0) is 6.54 Å². The zero-order valence-electron chi connectivity index (χ0n) is 12.8. The molecule has 0 heterocycles. The van der Waals surface area contributed by atoms with Crippen molar-refractivity contribution >= 4 is 76.7 Å². The van der Waals surface area contributed by atoms with Crippen LogP contribution in [0.3, 0.4) is 0 Å². The van der Waals surface area contributed by atoms with E-state index in [1.165, 1.54) is 0 Å². The molecule has 0 saturated carbocycles. The number of benzene rings is 1. The third-order valence-corrected chi connectivity index (χ3v) is 4.42. The van der Waals surface area contributed by atoms with Crippen molar-refractivity contribution in [2.75, 3.05) is 11.9 Å². The van der Waals surface area contributed by atoms with Crippen molar-refractivity contribution in [3.63, 3.8) is 0 Å². The van der Waals surface area contributed by atoms with Crippen LogP contribution in [0.15, 0.2) is 29.8 Å². The Labute approximate surface area is 160 Å². The van der Waals surface area contributed by atoms with Crippen molar-refractivity contribution in [1.82, 2.24) is 4.90 Å². The summed E-state index contributed by atoms with van der Waals surface area (Å²) in [5.41, 5.74) is 3.19. The van der Waals surface area contributed by atoms with E-state index in [2.05, 4.69) is 64.4 Å². The van der Waals surface area contributed by atoms with Crippen molar-refractivity contribution < 1.29 is 0 Å². The average Bonchev–Trinajstić information content (AvgIpc) is 2.39. The summed E-state index contributed by atoms with van der Waals surface area (Å²) in [5, 5.41) is 0.533. The molecule has 0 aliphatic carbocycles. The summed E-state index contributed by atoms with van der Waals surface area (Å²) >= 11 is 23.3. The van der Waals surface area contributed by atoms with Crippen LogP contribution < -0.4 is 4.90 Å². The maximum absolute atomic E-state index is 5.27. The van der Waals surface area contributed by atoms with Gasteiger partial charge in [-0.2, -0.15) is 0 Å². The van der Waals surface area contributed by atoms with Crippen LogP contribution in [0, 0.1) is 0 Å². The van der Waals surface area contributed by atoms with Gasteiger partial charge in [-0.25, -0.2) is 0 Å². The lowest BCUT2D eigenvalue weighted by Gasteiger charge is -2.30. The summed E-state index contributed by atoms with van der Waals surface area (Å²) in [6.07, 6.45) is 0. The first-order chi connectivity index (χ1) is 10.2. The van der Waals surface area contributed by atoms with E-state index < -0.39 is 0 Å². The highest BCUT2D eigenvalue weighted by Gasteiger charge is 2.21. The van der Waals surface area contributed by atoms with Crippen LogP contribution in [0.5, 0.6) is 0 Å². The smallest absolute Gasteiger partial charge is 0.142 e. The zero-order valence-corrected chi connectivity index (χ0v) is 17.1. The van der Waals surface area contributed by atoms with Gasteiger partial charge in [0, 0.05) is 13.6 Å². The van der Waals surface area contributed by atoms with Crippen molar-refractivity contribution in [3.05, 3.63) is 40.9 Å². The third-order valence-electron chi connectivity index (χ3n) is 3.18. The van der Waals surface area contributed by atoms with Crippen molar-refractivity contribution in [2.24, 2.45) is 0 Å². The second-order valence-corrected chi connectivity index (χ2v) is 7.92. The van der Waals surface area contributed by atoms with Crippen LogP contribution in [0.4, 0.5) is 5.69 Å². The van der Waals surface area contributed by atoms with E-state index in [1.54, 1.807) is 4.90 Å². The largest absolute Gasteiger partial charge is 0.356 e. The number of anilines is 1. The van der Waals surface area contributed by atoms with Gasteiger partial charge in [0.05, 0.1) is 10.7 Å². The van der Waals surface area contributed by atoms with Crippen LogP contribution >= 0.6 is 62.3 Å². The van der Waals surface area contributed by atoms with Crippen molar-refractivity contribution in [2.45, 2.75) is 26.3 Å². The lowest BCUT2D eigenvalue weighted by atomic mass is 9.97. The normalized spacial score (nSPS) is 10.5. The standard InChI is InChI=1S/C15H20N2S5/c1-9(2)12-7-5-6-11(8-16(4)14(19)20)13(12)17(10(3)18)15(21)22/h5-7,9,18H,3,8H2,1-2,4H3,(H,19,20)(H,21,22). The highest BCUT2D eigenvalue weighted by atomic mass is 32.1. The predicted molar refractivity (Wildman–Crippen MR) is 116 cm³/mol. The molecule has 0 amide bonds. The zero-order chi connectivity index (χ0) is 17.0. The maximum atomic E-state index is 5.27. The molecule has 1 rings (SSSR count). The van der Waals surface area contributed by atoms with Crippen LogP contribution in [-0.4, -0.2) is 20.6 Å². The summed E-state index contributed by atoms with van der Waals surface area (Å²) in [4.78, 5) is 3.67. The number of rotatable bonds is 5. The molecule has 0 unspecified atom stereocenters.